The lowest BCUT2D eigenvalue weighted by molar-refractivity contribution is -0.174. The van der Waals surface area contributed by atoms with Gasteiger partial charge >= 0.3 is 11.9 Å². The Morgan fingerprint density at radius 1 is 0.906 bits per heavy atom. The molecule has 1 aliphatic carbocycles. The van der Waals surface area contributed by atoms with Gasteiger partial charge in [0.05, 0.1) is 18.4 Å². The highest BCUT2D eigenvalue weighted by Crippen LogP contribution is 2.57. The summed E-state index contributed by atoms with van der Waals surface area (Å²) in [5.41, 5.74) is 3.08. The van der Waals surface area contributed by atoms with Crippen LogP contribution in [0.5, 0.6) is 11.5 Å². The first kappa shape index (κ1) is 21.6. The molecule has 32 heavy (non-hydrogen) atoms. The molecule has 3 atom stereocenters. The fourth-order valence-electron chi connectivity index (χ4n) is 4.46. The van der Waals surface area contributed by atoms with E-state index in [1.165, 1.54) is 7.11 Å². The molecule has 4 rings (SSSR count). The van der Waals surface area contributed by atoms with Crippen LogP contribution in [0.1, 0.15) is 30.4 Å². The molecule has 0 heterocycles. The number of methoxy groups -OCH3 is 1. The van der Waals surface area contributed by atoms with Gasteiger partial charge in [0.15, 0.2) is 0 Å². The lowest BCUT2D eigenvalue weighted by Gasteiger charge is -2.49. The zero-order valence-electron chi connectivity index (χ0n) is 18.4. The number of aryl methyl sites for hydroxylation is 1. The fraction of sp³-hybridized carbons (Fsp3) is 0.259. The van der Waals surface area contributed by atoms with Crippen LogP contribution in [0.15, 0.2) is 72.8 Å². The molecule has 5 nitrogen and oxygen atoms in total. The number of esters is 2. The highest BCUT2D eigenvalue weighted by Gasteiger charge is 2.61. The normalized spacial score (nSPS) is 22.0. The molecule has 0 spiro atoms. The first-order chi connectivity index (χ1) is 15.3. The maximum atomic E-state index is 13.1. The fourth-order valence-corrected chi connectivity index (χ4v) is 4.46. The van der Waals surface area contributed by atoms with Crippen molar-refractivity contribution in [2.24, 2.45) is 11.3 Å². The van der Waals surface area contributed by atoms with Gasteiger partial charge in [-0.25, -0.2) is 0 Å². The molecule has 5 heteroatoms. The van der Waals surface area contributed by atoms with Crippen molar-refractivity contribution >= 4 is 11.9 Å². The molecule has 3 aromatic carbocycles. The van der Waals surface area contributed by atoms with E-state index in [4.69, 9.17) is 9.47 Å². The van der Waals surface area contributed by atoms with E-state index in [9.17, 15) is 14.7 Å². The minimum Gasteiger partial charge on any atom is -0.508 e. The van der Waals surface area contributed by atoms with Gasteiger partial charge in [-0.05, 0) is 67.1 Å². The Morgan fingerprint density at radius 3 is 2.03 bits per heavy atom. The van der Waals surface area contributed by atoms with E-state index in [1.807, 2.05) is 55.5 Å². The molecule has 3 aromatic rings. The molecule has 0 aromatic heterocycles. The Labute approximate surface area is 187 Å². The molecular weight excluding hydrogens is 404 g/mol. The quantitative estimate of drug-likeness (QED) is 0.442. The van der Waals surface area contributed by atoms with Gasteiger partial charge in [-0.3, -0.25) is 9.59 Å². The summed E-state index contributed by atoms with van der Waals surface area (Å²) in [6.45, 7) is 3.78. The zero-order chi connectivity index (χ0) is 22.9. The van der Waals surface area contributed by atoms with Crippen molar-refractivity contribution in [3.05, 3.63) is 83.9 Å². The highest BCUT2D eigenvalue weighted by molar-refractivity contribution is 5.89. The van der Waals surface area contributed by atoms with Gasteiger partial charge in [0, 0.05) is 0 Å². The molecule has 0 aliphatic heterocycles. The third-order valence-corrected chi connectivity index (χ3v) is 6.43. The second kappa shape index (κ2) is 8.50. The molecule has 1 aliphatic rings. The highest BCUT2D eigenvalue weighted by atomic mass is 16.5. The van der Waals surface area contributed by atoms with Gasteiger partial charge in [0.2, 0.25) is 0 Å². The van der Waals surface area contributed by atoms with Crippen LogP contribution in [-0.4, -0.2) is 24.2 Å². The SMILES string of the molecule is COC(=O)C1C(c2ccc(C)cc2)CC1(C)C(=O)Oc1ccc(-c2ccc(O)cc2)cc1. The number of rotatable bonds is 5. The van der Waals surface area contributed by atoms with Gasteiger partial charge in [-0.15, -0.1) is 0 Å². The summed E-state index contributed by atoms with van der Waals surface area (Å²) in [4.78, 5) is 25.7. The van der Waals surface area contributed by atoms with Crippen molar-refractivity contribution in [2.75, 3.05) is 7.11 Å². The molecule has 0 bridgehead atoms. The maximum Gasteiger partial charge on any atom is 0.318 e. The van der Waals surface area contributed by atoms with E-state index >= 15 is 0 Å². The molecule has 164 valence electrons. The number of ether oxygens (including phenoxy) is 2. The van der Waals surface area contributed by atoms with Gasteiger partial charge in [0.1, 0.15) is 11.5 Å². The van der Waals surface area contributed by atoms with Crippen molar-refractivity contribution < 1.29 is 24.2 Å². The number of phenols is 1. The van der Waals surface area contributed by atoms with Crippen LogP contribution in [0, 0.1) is 18.3 Å². The van der Waals surface area contributed by atoms with E-state index in [0.717, 1.165) is 22.3 Å². The third-order valence-electron chi connectivity index (χ3n) is 6.43. The summed E-state index contributed by atoms with van der Waals surface area (Å²) in [6.07, 6.45) is 0.514. The molecule has 3 unspecified atom stereocenters. The van der Waals surface area contributed by atoms with E-state index in [-0.39, 0.29) is 11.7 Å². The van der Waals surface area contributed by atoms with E-state index < -0.39 is 23.3 Å². The Bertz CT molecular complexity index is 1120. The minimum absolute atomic E-state index is 0.0857. The van der Waals surface area contributed by atoms with Crippen LogP contribution in [0.25, 0.3) is 11.1 Å². The second-order valence-corrected chi connectivity index (χ2v) is 8.60. The first-order valence-corrected chi connectivity index (χ1v) is 10.6. The van der Waals surface area contributed by atoms with Crippen molar-refractivity contribution in [3.63, 3.8) is 0 Å². The van der Waals surface area contributed by atoms with Crippen molar-refractivity contribution in [3.8, 4) is 22.6 Å². The summed E-state index contributed by atoms with van der Waals surface area (Å²) < 4.78 is 10.7. The average molecular weight is 431 g/mol. The first-order valence-electron chi connectivity index (χ1n) is 10.6. The van der Waals surface area contributed by atoms with Crippen LogP contribution in [-0.2, 0) is 14.3 Å². The summed E-state index contributed by atoms with van der Waals surface area (Å²) >= 11 is 0. The number of hydrogen-bond acceptors (Lipinski definition) is 5. The Morgan fingerprint density at radius 2 is 1.47 bits per heavy atom. The Balaban J connectivity index is 1.50. The van der Waals surface area contributed by atoms with E-state index in [2.05, 4.69) is 0 Å². The van der Waals surface area contributed by atoms with Gasteiger partial charge in [0.25, 0.3) is 0 Å². The van der Waals surface area contributed by atoms with Gasteiger partial charge < -0.3 is 14.6 Å². The summed E-state index contributed by atoms with van der Waals surface area (Å²) in [5, 5.41) is 9.44. The van der Waals surface area contributed by atoms with Crippen LogP contribution in [0.4, 0.5) is 0 Å². The third kappa shape index (κ3) is 3.98. The predicted molar refractivity (Wildman–Crippen MR) is 121 cm³/mol. The monoisotopic (exact) mass is 430 g/mol. The van der Waals surface area contributed by atoms with Crippen LogP contribution >= 0.6 is 0 Å². The Hall–Kier alpha value is -3.60. The van der Waals surface area contributed by atoms with Crippen molar-refractivity contribution in [1.82, 2.24) is 0 Å². The minimum atomic E-state index is -0.960. The molecular formula is C27H26O5. The molecule has 1 fully saturated rings. The van der Waals surface area contributed by atoms with Crippen molar-refractivity contribution in [2.45, 2.75) is 26.2 Å². The largest absolute Gasteiger partial charge is 0.508 e. The molecule has 1 N–H and O–H groups in total. The summed E-state index contributed by atoms with van der Waals surface area (Å²) in [5.74, 6) is -0.896. The van der Waals surface area contributed by atoms with Crippen LogP contribution in [0.3, 0.4) is 0 Å². The number of benzene rings is 3. The number of aromatic hydroxyl groups is 1. The van der Waals surface area contributed by atoms with Crippen LogP contribution in [0.2, 0.25) is 0 Å². The molecule has 1 saturated carbocycles. The van der Waals surface area contributed by atoms with Gasteiger partial charge in [-0.1, -0.05) is 54.1 Å². The number of carbonyl (C=O) groups is 2. The lowest BCUT2D eigenvalue weighted by Crippen LogP contribution is -2.55. The molecule has 0 saturated heterocycles. The van der Waals surface area contributed by atoms with E-state index in [0.29, 0.717) is 12.2 Å². The smallest absolute Gasteiger partial charge is 0.318 e. The average Bonchev–Trinajstić information content (AvgIpc) is 2.79. The number of hydrogen-bond donors (Lipinski definition) is 1. The molecule has 0 amide bonds. The number of phenolic OH excluding ortho intramolecular Hbond substituents is 1. The van der Waals surface area contributed by atoms with Gasteiger partial charge in [-0.2, -0.15) is 0 Å². The molecule has 0 radical (unpaired) electrons. The topological polar surface area (TPSA) is 72.8 Å². The summed E-state index contributed by atoms with van der Waals surface area (Å²) in [7, 11) is 1.35. The van der Waals surface area contributed by atoms with E-state index in [1.54, 1.807) is 31.2 Å². The number of carbonyl (C=O) groups excluding carboxylic acids is 2. The standard InChI is InChI=1S/C27H26O5/c1-17-4-6-20(7-5-17)23-16-27(2,24(23)25(29)31-3)26(30)32-22-14-10-19(11-15-22)18-8-12-21(28)13-9-18/h4-15,23-24,28H,16H2,1-3H3. The predicted octanol–water partition coefficient (Wildman–Crippen LogP) is 5.26. The summed E-state index contributed by atoms with van der Waals surface area (Å²) in [6, 6.07) is 22.1. The van der Waals surface area contributed by atoms with Crippen LogP contribution < -0.4 is 4.74 Å². The Kier molecular flexibility index (Phi) is 5.74. The zero-order valence-corrected chi connectivity index (χ0v) is 18.4. The van der Waals surface area contributed by atoms with Crippen molar-refractivity contribution in [1.29, 1.82) is 0 Å². The maximum absolute atomic E-state index is 13.1. The lowest BCUT2D eigenvalue weighted by atomic mass is 9.52. The second-order valence-electron chi connectivity index (χ2n) is 8.60.